The van der Waals surface area contributed by atoms with Gasteiger partial charge in [0.05, 0.1) is 16.3 Å². The monoisotopic (exact) mass is 456 g/mol. The zero-order chi connectivity index (χ0) is 22.3. The number of aryl methyl sites for hydroxylation is 4. The standard InChI is InChI=1S/C22H24N4O3S2/c1-11-8-9-14(10-12(11)2)26-20(28)17-15-6-4-5-7-16(15)31-19(17)25-22(26)30-13(3)18(27)24-21(23)29/h8-10,13H,4-7H2,1-3H3,(H3,23,24,27,29)/t13-/m1/s1. The fraction of sp³-hybridized carbons (Fsp3) is 0.364. The summed E-state index contributed by atoms with van der Waals surface area (Å²) in [5, 5.41) is 2.55. The van der Waals surface area contributed by atoms with E-state index in [9.17, 15) is 14.4 Å². The van der Waals surface area contributed by atoms with Crippen molar-refractivity contribution in [3.05, 3.63) is 50.1 Å². The lowest BCUT2D eigenvalue weighted by atomic mass is 9.97. The highest BCUT2D eigenvalue weighted by molar-refractivity contribution is 8.00. The minimum Gasteiger partial charge on any atom is -0.351 e. The fourth-order valence-electron chi connectivity index (χ4n) is 3.79. The maximum absolute atomic E-state index is 13.7. The molecule has 31 heavy (non-hydrogen) atoms. The number of carbonyl (C=O) groups excluding carboxylic acids is 2. The zero-order valence-corrected chi connectivity index (χ0v) is 19.3. The number of nitrogens with zero attached hydrogens (tertiary/aromatic N) is 2. The molecule has 162 valence electrons. The van der Waals surface area contributed by atoms with Crippen LogP contribution in [0.25, 0.3) is 15.9 Å². The molecule has 7 nitrogen and oxygen atoms in total. The van der Waals surface area contributed by atoms with Crippen LogP contribution in [-0.2, 0) is 17.6 Å². The zero-order valence-electron chi connectivity index (χ0n) is 17.7. The first-order chi connectivity index (χ1) is 14.8. The van der Waals surface area contributed by atoms with E-state index >= 15 is 0 Å². The van der Waals surface area contributed by atoms with Crippen molar-refractivity contribution in [2.45, 2.75) is 56.9 Å². The summed E-state index contributed by atoms with van der Waals surface area (Å²) in [5.74, 6) is -0.524. The molecule has 0 bridgehead atoms. The highest BCUT2D eigenvalue weighted by atomic mass is 32.2. The Labute approximate surface area is 188 Å². The molecule has 4 rings (SSSR count). The quantitative estimate of drug-likeness (QED) is 0.461. The third-order valence-corrected chi connectivity index (χ3v) is 7.84. The summed E-state index contributed by atoms with van der Waals surface area (Å²) in [5.41, 5.74) is 8.99. The molecule has 9 heteroatoms. The number of rotatable bonds is 4. The van der Waals surface area contributed by atoms with Gasteiger partial charge in [0.2, 0.25) is 5.91 Å². The van der Waals surface area contributed by atoms with E-state index in [4.69, 9.17) is 10.7 Å². The van der Waals surface area contributed by atoms with Crippen LogP contribution >= 0.6 is 23.1 Å². The van der Waals surface area contributed by atoms with E-state index in [1.165, 1.54) is 4.88 Å². The lowest BCUT2D eigenvalue weighted by Gasteiger charge is -2.16. The highest BCUT2D eigenvalue weighted by Gasteiger charge is 2.25. The topological polar surface area (TPSA) is 107 Å². The van der Waals surface area contributed by atoms with Crippen molar-refractivity contribution in [3.63, 3.8) is 0 Å². The van der Waals surface area contributed by atoms with Gasteiger partial charge in [0, 0.05) is 4.88 Å². The number of carbonyl (C=O) groups is 2. The van der Waals surface area contributed by atoms with Crippen molar-refractivity contribution < 1.29 is 9.59 Å². The van der Waals surface area contributed by atoms with Crippen LogP contribution in [0.5, 0.6) is 0 Å². The number of benzene rings is 1. The summed E-state index contributed by atoms with van der Waals surface area (Å²) in [7, 11) is 0. The maximum Gasteiger partial charge on any atom is 0.318 e. The van der Waals surface area contributed by atoms with Crippen LogP contribution in [0.2, 0.25) is 0 Å². The van der Waals surface area contributed by atoms with Crippen LogP contribution in [0.1, 0.15) is 41.3 Å². The number of urea groups is 1. The van der Waals surface area contributed by atoms with Crippen molar-refractivity contribution in [3.8, 4) is 5.69 Å². The highest BCUT2D eigenvalue weighted by Crippen LogP contribution is 2.36. The van der Waals surface area contributed by atoms with E-state index in [-0.39, 0.29) is 5.56 Å². The van der Waals surface area contributed by atoms with Gasteiger partial charge >= 0.3 is 6.03 Å². The fourth-order valence-corrected chi connectivity index (χ4v) is 6.02. The molecule has 1 aromatic carbocycles. The summed E-state index contributed by atoms with van der Waals surface area (Å²) in [6.07, 6.45) is 4.06. The Hall–Kier alpha value is -2.65. The Kier molecular flexibility index (Phi) is 5.90. The lowest BCUT2D eigenvalue weighted by Crippen LogP contribution is -2.39. The predicted molar refractivity (Wildman–Crippen MR) is 124 cm³/mol. The second-order valence-corrected chi connectivity index (χ2v) is 10.2. The summed E-state index contributed by atoms with van der Waals surface area (Å²) in [4.78, 5) is 43.9. The average molecular weight is 457 g/mol. The van der Waals surface area contributed by atoms with Crippen LogP contribution in [0.15, 0.2) is 28.2 Å². The number of nitrogens with two attached hydrogens (primary N) is 1. The molecule has 3 amide bonds. The normalized spacial score (nSPS) is 14.3. The van der Waals surface area contributed by atoms with E-state index < -0.39 is 17.2 Å². The Balaban J connectivity index is 1.90. The first-order valence-electron chi connectivity index (χ1n) is 10.2. The summed E-state index contributed by atoms with van der Waals surface area (Å²) < 4.78 is 1.59. The molecule has 0 fully saturated rings. The molecule has 0 spiro atoms. The molecule has 1 atom stereocenters. The Morgan fingerprint density at radius 3 is 2.68 bits per heavy atom. The van der Waals surface area contributed by atoms with E-state index in [0.29, 0.717) is 21.1 Å². The molecule has 3 aromatic rings. The Morgan fingerprint density at radius 1 is 1.23 bits per heavy atom. The first kappa shape index (κ1) is 21.6. The Morgan fingerprint density at radius 2 is 1.97 bits per heavy atom. The SMILES string of the molecule is Cc1ccc(-n2c(S[C@H](C)C(=O)NC(N)=O)nc3sc4c(c3c2=O)CCCC4)cc1C. The first-order valence-corrected chi connectivity index (χ1v) is 11.9. The van der Waals surface area contributed by atoms with Gasteiger partial charge in [0.25, 0.3) is 5.56 Å². The third kappa shape index (κ3) is 4.12. The largest absolute Gasteiger partial charge is 0.351 e. The van der Waals surface area contributed by atoms with Gasteiger partial charge in [0.1, 0.15) is 4.83 Å². The minimum atomic E-state index is -0.904. The molecule has 0 saturated carbocycles. The van der Waals surface area contributed by atoms with Crippen LogP contribution in [0.4, 0.5) is 4.79 Å². The van der Waals surface area contributed by atoms with Crippen LogP contribution in [0, 0.1) is 13.8 Å². The van der Waals surface area contributed by atoms with E-state index in [0.717, 1.165) is 54.1 Å². The molecule has 0 unspecified atom stereocenters. The second kappa shape index (κ2) is 8.47. The number of amides is 3. The van der Waals surface area contributed by atoms with Gasteiger partial charge in [-0.1, -0.05) is 17.8 Å². The van der Waals surface area contributed by atoms with E-state index in [2.05, 4.69) is 5.32 Å². The molecule has 0 radical (unpaired) electrons. The number of hydrogen-bond acceptors (Lipinski definition) is 6. The second-order valence-electron chi connectivity index (χ2n) is 7.81. The number of primary amides is 1. The van der Waals surface area contributed by atoms with Crippen molar-refractivity contribution >= 4 is 45.3 Å². The summed E-state index contributed by atoms with van der Waals surface area (Å²) in [6, 6.07) is 4.93. The van der Waals surface area contributed by atoms with Gasteiger partial charge in [-0.3, -0.25) is 19.5 Å². The van der Waals surface area contributed by atoms with Crippen molar-refractivity contribution in [1.29, 1.82) is 0 Å². The number of fused-ring (bicyclic) bond motifs is 3. The van der Waals surface area contributed by atoms with Crippen LogP contribution in [0.3, 0.4) is 0 Å². The van der Waals surface area contributed by atoms with E-state index in [1.807, 2.05) is 32.0 Å². The molecular formula is C22H24N4O3S2. The summed E-state index contributed by atoms with van der Waals surface area (Å²) in [6.45, 7) is 5.67. The number of aromatic nitrogens is 2. The smallest absolute Gasteiger partial charge is 0.318 e. The summed E-state index contributed by atoms with van der Waals surface area (Å²) >= 11 is 2.71. The van der Waals surface area contributed by atoms with Crippen molar-refractivity contribution in [2.75, 3.05) is 0 Å². The number of nitrogens with one attached hydrogen (secondary N) is 1. The molecule has 2 heterocycles. The number of thiophene rings is 1. The maximum atomic E-state index is 13.7. The minimum absolute atomic E-state index is 0.113. The molecule has 0 aliphatic heterocycles. The molecule has 2 aromatic heterocycles. The van der Waals surface area contributed by atoms with Gasteiger partial charge < -0.3 is 5.73 Å². The van der Waals surface area contributed by atoms with Gasteiger partial charge in [0.15, 0.2) is 5.16 Å². The van der Waals surface area contributed by atoms with Crippen LogP contribution in [-0.4, -0.2) is 26.7 Å². The van der Waals surface area contributed by atoms with Gasteiger partial charge in [-0.2, -0.15) is 0 Å². The third-order valence-electron chi connectivity index (χ3n) is 5.60. The molecule has 3 N–H and O–H groups in total. The molecule has 1 aliphatic rings. The predicted octanol–water partition coefficient (Wildman–Crippen LogP) is 3.62. The Bertz CT molecular complexity index is 1260. The van der Waals surface area contributed by atoms with Gasteiger partial charge in [-0.15, -0.1) is 11.3 Å². The van der Waals surface area contributed by atoms with Gasteiger partial charge in [-0.05, 0) is 75.3 Å². The molecule has 0 saturated heterocycles. The lowest BCUT2D eigenvalue weighted by molar-refractivity contribution is -0.119. The van der Waals surface area contributed by atoms with Crippen molar-refractivity contribution in [2.24, 2.45) is 5.73 Å². The van der Waals surface area contributed by atoms with Crippen LogP contribution < -0.4 is 16.6 Å². The van der Waals surface area contributed by atoms with Crippen molar-refractivity contribution in [1.82, 2.24) is 14.9 Å². The number of thioether (sulfide) groups is 1. The number of hydrogen-bond donors (Lipinski definition) is 2. The van der Waals surface area contributed by atoms with Gasteiger partial charge in [-0.25, -0.2) is 9.78 Å². The van der Waals surface area contributed by atoms with E-state index in [1.54, 1.807) is 22.8 Å². The average Bonchev–Trinajstić information content (AvgIpc) is 3.08. The molecule has 1 aliphatic carbocycles. The molecular weight excluding hydrogens is 432 g/mol. The number of imide groups is 1.